The summed E-state index contributed by atoms with van der Waals surface area (Å²) in [4.78, 5) is 0. The van der Waals surface area contributed by atoms with Crippen LogP contribution in [0.15, 0.2) is 12.7 Å². The van der Waals surface area contributed by atoms with Crippen LogP contribution in [-0.2, 0) is 4.74 Å². The van der Waals surface area contributed by atoms with Crippen LogP contribution in [0.2, 0.25) is 0 Å². The molecule has 1 saturated heterocycles. The molecule has 1 aliphatic heterocycles. The van der Waals surface area contributed by atoms with Gasteiger partial charge in [0.2, 0.25) is 0 Å². The minimum atomic E-state index is 0.222. The van der Waals surface area contributed by atoms with Crippen molar-refractivity contribution in [3.05, 3.63) is 12.7 Å². The van der Waals surface area contributed by atoms with Gasteiger partial charge in [0.25, 0.3) is 0 Å². The maximum Gasteiger partial charge on any atom is 0.0676 e. The SMILES string of the molecule is C=CC1C(C(CCC(C)C(C)C)C(C)(C)C)OCC1(C)C. The third-order valence-electron chi connectivity index (χ3n) is 5.74. The molecule has 0 spiro atoms. The average molecular weight is 295 g/mol. The Labute approximate surface area is 133 Å². The van der Waals surface area contributed by atoms with Crippen molar-refractivity contribution in [2.75, 3.05) is 6.61 Å². The average Bonchev–Trinajstić information content (AvgIpc) is 2.62. The van der Waals surface area contributed by atoms with E-state index in [-0.39, 0.29) is 10.8 Å². The molecule has 1 aliphatic rings. The molecule has 0 aromatic rings. The molecular formula is C20H38O. The molecule has 0 aromatic heterocycles. The molecule has 0 radical (unpaired) electrons. The van der Waals surface area contributed by atoms with E-state index in [2.05, 4.69) is 68.0 Å². The highest BCUT2D eigenvalue weighted by Gasteiger charge is 2.47. The van der Waals surface area contributed by atoms with Crippen molar-refractivity contribution >= 4 is 0 Å². The van der Waals surface area contributed by atoms with Gasteiger partial charge in [0.15, 0.2) is 0 Å². The zero-order chi connectivity index (χ0) is 16.4. The first-order valence-electron chi connectivity index (χ1n) is 8.75. The molecule has 1 rings (SSSR count). The van der Waals surface area contributed by atoms with Crippen LogP contribution < -0.4 is 0 Å². The largest absolute Gasteiger partial charge is 0.377 e. The maximum atomic E-state index is 6.28. The highest BCUT2D eigenvalue weighted by Crippen LogP contribution is 2.47. The lowest BCUT2D eigenvalue weighted by Gasteiger charge is -2.39. The minimum Gasteiger partial charge on any atom is -0.377 e. The van der Waals surface area contributed by atoms with Crippen LogP contribution in [0.25, 0.3) is 0 Å². The molecule has 21 heavy (non-hydrogen) atoms. The Morgan fingerprint density at radius 3 is 2.19 bits per heavy atom. The second-order valence-corrected chi connectivity index (χ2v) is 9.30. The summed E-state index contributed by atoms with van der Waals surface area (Å²) in [5.74, 6) is 2.62. The Morgan fingerprint density at radius 1 is 1.19 bits per heavy atom. The second-order valence-electron chi connectivity index (χ2n) is 9.30. The number of hydrogen-bond acceptors (Lipinski definition) is 1. The van der Waals surface area contributed by atoms with Gasteiger partial charge in [-0.25, -0.2) is 0 Å². The lowest BCUT2D eigenvalue weighted by atomic mass is 9.67. The van der Waals surface area contributed by atoms with Gasteiger partial charge in [-0.15, -0.1) is 6.58 Å². The van der Waals surface area contributed by atoms with Gasteiger partial charge in [0.1, 0.15) is 0 Å². The fourth-order valence-electron chi connectivity index (χ4n) is 3.64. The summed E-state index contributed by atoms with van der Waals surface area (Å²) in [6.07, 6.45) is 5.02. The Balaban J connectivity index is 2.86. The van der Waals surface area contributed by atoms with E-state index in [4.69, 9.17) is 4.74 Å². The summed E-state index contributed by atoms with van der Waals surface area (Å²) in [6, 6.07) is 0. The van der Waals surface area contributed by atoms with E-state index < -0.39 is 0 Å². The molecule has 1 fully saturated rings. The van der Waals surface area contributed by atoms with Gasteiger partial charge in [-0.05, 0) is 35.0 Å². The quantitative estimate of drug-likeness (QED) is 0.550. The normalized spacial score (nSPS) is 28.6. The molecule has 1 heteroatoms. The topological polar surface area (TPSA) is 9.23 Å². The lowest BCUT2D eigenvalue weighted by Crippen LogP contribution is -2.38. The van der Waals surface area contributed by atoms with Crippen LogP contribution in [0.1, 0.15) is 68.2 Å². The van der Waals surface area contributed by atoms with Crippen LogP contribution in [0.3, 0.4) is 0 Å². The Morgan fingerprint density at radius 2 is 1.76 bits per heavy atom. The molecule has 1 heterocycles. The van der Waals surface area contributed by atoms with Crippen molar-refractivity contribution in [1.82, 2.24) is 0 Å². The van der Waals surface area contributed by atoms with Crippen molar-refractivity contribution < 1.29 is 4.74 Å². The van der Waals surface area contributed by atoms with E-state index in [0.717, 1.165) is 18.4 Å². The van der Waals surface area contributed by atoms with Crippen molar-refractivity contribution in [1.29, 1.82) is 0 Å². The van der Waals surface area contributed by atoms with Gasteiger partial charge in [0, 0.05) is 5.92 Å². The molecule has 0 amide bonds. The van der Waals surface area contributed by atoms with Crippen LogP contribution in [0.4, 0.5) is 0 Å². The van der Waals surface area contributed by atoms with E-state index in [9.17, 15) is 0 Å². The predicted molar refractivity (Wildman–Crippen MR) is 93.4 cm³/mol. The highest BCUT2D eigenvalue weighted by molar-refractivity contribution is 5.03. The van der Waals surface area contributed by atoms with Crippen molar-refractivity contribution in [2.24, 2.45) is 34.5 Å². The summed E-state index contributed by atoms with van der Waals surface area (Å²) >= 11 is 0. The number of rotatable bonds is 6. The summed E-state index contributed by atoms with van der Waals surface area (Å²) in [7, 11) is 0. The molecule has 4 atom stereocenters. The van der Waals surface area contributed by atoms with Gasteiger partial charge in [-0.1, -0.05) is 67.9 Å². The monoisotopic (exact) mass is 294 g/mol. The first-order valence-corrected chi connectivity index (χ1v) is 8.75. The minimum absolute atomic E-state index is 0.222. The molecule has 0 saturated carbocycles. The Hall–Kier alpha value is -0.300. The zero-order valence-electron chi connectivity index (χ0n) is 15.7. The van der Waals surface area contributed by atoms with Crippen molar-refractivity contribution in [3.63, 3.8) is 0 Å². The Bertz CT molecular complexity index is 334. The molecule has 4 unspecified atom stereocenters. The maximum absolute atomic E-state index is 6.28. The Kier molecular flexibility index (Phi) is 6.12. The van der Waals surface area contributed by atoms with Gasteiger partial charge >= 0.3 is 0 Å². The number of hydrogen-bond donors (Lipinski definition) is 0. The third-order valence-corrected chi connectivity index (χ3v) is 5.74. The van der Waals surface area contributed by atoms with Gasteiger partial charge in [-0.3, -0.25) is 0 Å². The summed E-state index contributed by atoms with van der Waals surface area (Å²) in [5.41, 5.74) is 0.503. The molecule has 0 aliphatic carbocycles. The number of ether oxygens (including phenoxy) is 1. The predicted octanol–water partition coefficient (Wildman–Crippen LogP) is 5.95. The second kappa shape index (κ2) is 6.86. The van der Waals surface area contributed by atoms with E-state index in [1.165, 1.54) is 12.8 Å². The standard InChI is InChI=1S/C20H38O/c1-10-16-18(21-13-20(16,8)9)17(19(5,6)7)12-11-15(4)14(2)3/h10,14-18H,1,11-13H2,2-9H3. The molecule has 0 bridgehead atoms. The van der Waals surface area contributed by atoms with Gasteiger partial charge in [-0.2, -0.15) is 0 Å². The molecule has 0 N–H and O–H groups in total. The lowest BCUT2D eigenvalue weighted by molar-refractivity contribution is -0.00363. The van der Waals surface area contributed by atoms with E-state index in [1.807, 2.05) is 0 Å². The summed E-state index contributed by atoms with van der Waals surface area (Å²) in [6.45, 7) is 23.7. The molecule has 0 aromatic carbocycles. The van der Waals surface area contributed by atoms with E-state index >= 15 is 0 Å². The first kappa shape index (κ1) is 18.7. The van der Waals surface area contributed by atoms with Crippen LogP contribution in [0.5, 0.6) is 0 Å². The van der Waals surface area contributed by atoms with Crippen LogP contribution in [0, 0.1) is 34.5 Å². The van der Waals surface area contributed by atoms with E-state index in [1.54, 1.807) is 0 Å². The van der Waals surface area contributed by atoms with Crippen LogP contribution in [-0.4, -0.2) is 12.7 Å². The molecular weight excluding hydrogens is 256 g/mol. The fraction of sp³-hybridized carbons (Fsp3) is 0.900. The molecule has 124 valence electrons. The molecule has 1 nitrogen and oxygen atoms in total. The zero-order valence-corrected chi connectivity index (χ0v) is 15.7. The van der Waals surface area contributed by atoms with Crippen molar-refractivity contribution in [3.8, 4) is 0 Å². The first-order chi connectivity index (χ1) is 9.50. The smallest absolute Gasteiger partial charge is 0.0676 e. The highest BCUT2D eigenvalue weighted by atomic mass is 16.5. The van der Waals surface area contributed by atoms with Gasteiger partial charge in [0.05, 0.1) is 12.7 Å². The fourth-order valence-corrected chi connectivity index (χ4v) is 3.64. The van der Waals surface area contributed by atoms with Gasteiger partial charge < -0.3 is 4.74 Å². The summed E-state index contributed by atoms with van der Waals surface area (Å²) in [5, 5.41) is 0. The third kappa shape index (κ3) is 4.58. The van der Waals surface area contributed by atoms with E-state index in [0.29, 0.717) is 17.9 Å². The summed E-state index contributed by atoms with van der Waals surface area (Å²) < 4.78 is 6.28. The van der Waals surface area contributed by atoms with Crippen molar-refractivity contribution in [2.45, 2.75) is 74.3 Å². The van der Waals surface area contributed by atoms with Crippen LogP contribution >= 0.6 is 0 Å².